The number of nitrogens with two attached hydrogens (primary N) is 1. The SMILES string of the molecule is CC(C)C[C@H](NC(=O)[C@H](CCC(=O)O)NC(=O)[C@@H](NC(=O)[C@H](CC(C)C)NC(=O)[C@@H](NC(=O)[C@H](CC(C)C)NC(=O)[C@@H](N)Cc1ccccc1)[C@@H](C)O)[C@@H](C)O)C(=O)O. The van der Waals surface area contributed by atoms with Crippen LogP contribution in [0.1, 0.15) is 93.1 Å². The quantitative estimate of drug-likeness (QED) is 0.0552. The molecule has 0 fully saturated rings. The maximum absolute atomic E-state index is 13.7. The van der Waals surface area contributed by atoms with Crippen LogP contribution in [0.3, 0.4) is 0 Å². The smallest absolute Gasteiger partial charge is 0.326 e. The Labute approximate surface area is 345 Å². The van der Waals surface area contributed by atoms with Gasteiger partial charge in [-0.3, -0.25) is 33.6 Å². The second-order valence-electron chi connectivity index (χ2n) is 16.2. The first-order valence-corrected chi connectivity index (χ1v) is 19.9. The van der Waals surface area contributed by atoms with Crippen molar-refractivity contribution in [2.24, 2.45) is 23.5 Å². The van der Waals surface area contributed by atoms with Gasteiger partial charge in [-0.05, 0) is 69.3 Å². The van der Waals surface area contributed by atoms with Crippen LogP contribution < -0.4 is 37.6 Å². The number of rotatable bonds is 26. The van der Waals surface area contributed by atoms with Crippen molar-refractivity contribution >= 4 is 47.4 Å². The van der Waals surface area contributed by atoms with Crippen molar-refractivity contribution in [3.05, 3.63) is 35.9 Å². The van der Waals surface area contributed by atoms with Crippen molar-refractivity contribution in [1.82, 2.24) is 31.9 Å². The van der Waals surface area contributed by atoms with Crippen molar-refractivity contribution in [1.29, 1.82) is 0 Å². The van der Waals surface area contributed by atoms with E-state index in [1.807, 2.05) is 19.9 Å². The van der Waals surface area contributed by atoms with Crippen LogP contribution in [0.2, 0.25) is 0 Å². The standard InChI is InChI=1S/C40H65N7O12/c1-20(2)16-28(43-34(52)26(41)19-25-12-10-9-11-13-25)36(54)47-33(24(8)49)39(57)44-29(17-21(3)4)37(55)46-32(23(7)48)38(56)42-27(14-15-31(50)51)35(53)45-30(40(58)59)18-22(5)6/h9-13,20-24,26-30,32-33,48-49H,14-19,41H2,1-8H3,(H,42,56)(H,43,52)(H,44,57)(H,45,53)(H,46,55)(H,47,54)(H,50,51)(H,58,59)/t23-,24-,26+,27+,28+,29+,30+,32+,33+/m1/s1. The number of nitrogens with one attached hydrogen (secondary N) is 6. The summed E-state index contributed by atoms with van der Waals surface area (Å²) in [4.78, 5) is 104. The summed E-state index contributed by atoms with van der Waals surface area (Å²) in [7, 11) is 0. The third kappa shape index (κ3) is 19.4. The van der Waals surface area contributed by atoms with Gasteiger partial charge in [-0.25, -0.2) is 4.79 Å². The fraction of sp³-hybridized carbons (Fsp3) is 0.650. The summed E-state index contributed by atoms with van der Waals surface area (Å²) in [5.74, 6) is -8.59. The number of hydrogen-bond donors (Lipinski definition) is 11. The molecule has 19 nitrogen and oxygen atoms in total. The zero-order chi connectivity index (χ0) is 45.1. The number of carbonyl (C=O) groups is 8. The van der Waals surface area contributed by atoms with E-state index in [1.54, 1.807) is 52.0 Å². The molecule has 9 atom stereocenters. The van der Waals surface area contributed by atoms with Crippen molar-refractivity contribution in [3.8, 4) is 0 Å². The minimum absolute atomic E-state index is 0.0202. The third-order valence-electron chi connectivity index (χ3n) is 9.04. The maximum atomic E-state index is 13.7. The van der Waals surface area contributed by atoms with Crippen LogP contribution in [0.25, 0.3) is 0 Å². The van der Waals surface area contributed by atoms with Crippen LogP contribution in [-0.4, -0.2) is 122 Å². The van der Waals surface area contributed by atoms with Gasteiger partial charge in [-0.15, -0.1) is 0 Å². The fourth-order valence-corrected chi connectivity index (χ4v) is 5.99. The predicted molar refractivity (Wildman–Crippen MR) is 216 cm³/mol. The van der Waals surface area contributed by atoms with Gasteiger partial charge in [0.2, 0.25) is 35.4 Å². The lowest BCUT2D eigenvalue weighted by molar-refractivity contribution is -0.143. The maximum Gasteiger partial charge on any atom is 0.326 e. The summed E-state index contributed by atoms with van der Waals surface area (Å²) < 4.78 is 0. The average Bonchev–Trinajstić information content (AvgIpc) is 3.12. The second kappa shape index (κ2) is 25.4. The van der Waals surface area contributed by atoms with Gasteiger partial charge >= 0.3 is 11.9 Å². The molecule has 59 heavy (non-hydrogen) atoms. The van der Waals surface area contributed by atoms with Crippen molar-refractivity contribution in [2.45, 2.75) is 148 Å². The number of carboxylic acids is 2. The molecule has 19 heteroatoms. The van der Waals surface area contributed by atoms with E-state index in [0.29, 0.717) is 0 Å². The molecule has 0 heterocycles. The Bertz CT molecular complexity index is 1570. The zero-order valence-corrected chi connectivity index (χ0v) is 35.2. The van der Waals surface area contributed by atoms with Gasteiger partial charge < -0.3 is 58.1 Å². The largest absolute Gasteiger partial charge is 0.481 e. The second-order valence-corrected chi connectivity index (χ2v) is 16.2. The molecule has 0 aliphatic heterocycles. The summed E-state index contributed by atoms with van der Waals surface area (Å²) >= 11 is 0. The minimum atomic E-state index is -1.75. The van der Waals surface area contributed by atoms with Crippen molar-refractivity contribution in [3.63, 3.8) is 0 Å². The fourth-order valence-electron chi connectivity index (χ4n) is 5.99. The van der Waals surface area contributed by atoms with E-state index < -0.39 is 115 Å². The Morgan fingerprint density at radius 2 is 0.898 bits per heavy atom. The number of aliphatic hydroxyl groups excluding tert-OH is 2. The van der Waals surface area contributed by atoms with Gasteiger partial charge in [0.15, 0.2) is 0 Å². The van der Waals surface area contributed by atoms with Crippen molar-refractivity contribution < 1.29 is 58.8 Å². The zero-order valence-electron chi connectivity index (χ0n) is 35.2. The van der Waals surface area contributed by atoms with E-state index >= 15 is 0 Å². The van der Waals surface area contributed by atoms with E-state index in [2.05, 4.69) is 31.9 Å². The number of benzene rings is 1. The lowest BCUT2D eigenvalue weighted by Crippen LogP contribution is -2.62. The van der Waals surface area contributed by atoms with Gasteiger partial charge in [0.1, 0.15) is 36.3 Å². The van der Waals surface area contributed by atoms with E-state index in [0.717, 1.165) is 12.5 Å². The van der Waals surface area contributed by atoms with E-state index in [4.69, 9.17) is 5.73 Å². The molecule has 6 amide bonds. The average molecular weight is 836 g/mol. The molecule has 0 aliphatic rings. The summed E-state index contributed by atoms with van der Waals surface area (Å²) in [5, 5.41) is 54.5. The first kappa shape index (κ1) is 51.9. The van der Waals surface area contributed by atoms with Crippen LogP contribution in [0.5, 0.6) is 0 Å². The van der Waals surface area contributed by atoms with Gasteiger partial charge in [-0.1, -0.05) is 71.9 Å². The molecular weight excluding hydrogens is 770 g/mol. The van der Waals surface area contributed by atoms with E-state index in [-0.39, 0.29) is 43.4 Å². The van der Waals surface area contributed by atoms with Crippen LogP contribution in [0, 0.1) is 17.8 Å². The molecule has 0 saturated heterocycles. The molecule has 1 aromatic carbocycles. The van der Waals surface area contributed by atoms with Crippen molar-refractivity contribution in [2.75, 3.05) is 0 Å². The Balaban J connectivity index is 3.24. The molecule has 0 aromatic heterocycles. The third-order valence-corrected chi connectivity index (χ3v) is 9.04. The van der Waals surface area contributed by atoms with Crippen LogP contribution in [-0.2, 0) is 44.8 Å². The highest BCUT2D eigenvalue weighted by molar-refractivity contribution is 5.97. The Morgan fingerprint density at radius 3 is 1.29 bits per heavy atom. The monoisotopic (exact) mass is 835 g/mol. The lowest BCUT2D eigenvalue weighted by atomic mass is 9.99. The van der Waals surface area contributed by atoms with Gasteiger partial charge in [0.25, 0.3) is 0 Å². The molecule has 12 N–H and O–H groups in total. The summed E-state index contributed by atoms with van der Waals surface area (Å²) in [6.07, 6.45) is -3.77. The molecule has 1 aromatic rings. The molecule has 0 unspecified atom stereocenters. The Morgan fingerprint density at radius 1 is 0.525 bits per heavy atom. The number of hydrogen-bond acceptors (Lipinski definition) is 11. The summed E-state index contributed by atoms with van der Waals surface area (Å²) in [6, 6.07) is -0.800. The first-order valence-electron chi connectivity index (χ1n) is 19.9. The molecular formula is C40H65N7O12. The summed E-state index contributed by atoms with van der Waals surface area (Å²) in [6.45, 7) is 13.0. The number of amides is 6. The highest BCUT2D eigenvalue weighted by Crippen LogP contribution is 2.12. The van der Waals surface area contributed by atoms with Crippen LogP contribution in [0.15, 0.2) is 30.3 Å². The van der Waals surface area contributed by atoms with Crippen LogP contribution >= 0.6 is 0 Å². The van der Waals surface area contributed by atoms with E-state index in [9.17, 15) is 58.8 Å². The normalized spacial score (nSPS) is 16.0. The topological polar surface area (TPSA) is 316 Å². The predicted octanol–water partition coefficient (Wildman–Crippen LogP) is -0.685. The van der Waals surface area contributed by atoms with E-state index in [1.165, 1.54) is 6.92 Å². The lowest BCUT2D eigenvalue weighted by Gasteiger charge is -2.29. The molecule has 0 spiro atoms. The highest BCUT2D eigenvalue weighted by atomic mass is 16.4. The van der Waals surface area contributed by atoms with Gasteiger partial charge in [0.05, 0.1) is 18.2 Å². The number of carboxylic acid groups (broad SMARTS) is 2. The molecule has 1 rings (SSSR count). The van der Waals surface area contributed by atoms with Crippen LogP contribution in [0.4, 0.5) is 0 Å². The highest BCUT2D eigenvalue weighted by Gasteiger charge is 2.36. The molecule has 0 radical (unpaired) electrons. The van der Waals surface area contributed by atoms with Gasteiger partial charge in [0, 0.05) is 6.42 Å². The number of aliphatic hydroxyl groups is 2. The van der Waals surface area contributed by atoms with Gasteiger partial charge in [-0.2, -0.15) is 0 Å². The first-order chi connectivity index (χ1) is 27.4. The molecule has 0 saturated carbocycles. The Kier molecular flexibility index (Phi) is 22.3. The Hall–Kier alpha value is -5.14. The number of carbonyl (C=O) groups excluding carboxylic acids is 6. The summed E-state index contributed by atoms with van der Waals surface area (Å²) in [5.41, 5.74) is 6.95. The molecule has 0 bridgehead atoms. The number of aliphatic carboxylic acids is 2. The minimum Gasteiger partial charge on any atom is -0.481 e. The molecule has 332 valence electrons. The molecule has 0 aliphatic carbocycles.